The zero-order chi connectivity index (χ0) is 19.1. The summed E-state index contributed by atoms with van der Waals surface area (Å²) in [5.74, 6) is -0.197. The molecule has 0 amide bonds. The van der Waals surface area contributed by atoms with Crippen LogP contribution in [-0.2, 0) is 28.5 Å². The molecule has 27 heavy (non-hydrogen) atoms. The van der Waals surface area contributed by atoms with Gasteiger partial charge in [0.2, 0.25) is 12.1 Å². The van der Waals surface area contributed by atoms with Gasteiger partial charge in [0.05, 0.1) is 13.2 Å². The summed E-state index contributed by atoms with van der Waals surface area (Å²) >= 11 is 0. The van der Waals surface area contributed by atoms with E-state index in [1.165, 1.54) is 0 Å². The Balaban J connectivity index is 1.71. The molecule has 0 N–H and O–H groups in total. The van der Waals surface area contributed by atoms with Gasteiger partial charge < -0.3 is 23.7 Å². The van der Waals surface area contributed by atoms with Crippen LogP contribution in [0.1, 0.15) is 51.4 Å². The van der Waals surface area contributed by atoms with Gasteiger partial charge in [-0.25, -0.2) is 0 Å². The fourth-order valence-corrected chi connectivity index (χ4v) is 3.22. The summed E-state index contributed by atoms with van der Waals surface area (Å²) in [6.45, 7) is 5.49. The topological polar surface area (TPSA) is 63.2 Å². The first-order chi connectivity index (χ1) is 13.2. The van der Waals surface area contributed by atoms with Crippen LogP contribution in [0.4, 0.5) is 0 Å². The molecule has 2 saturated heterocycles. The first-order valence-electron chi connectivity index (χ1n) is 9.99. The first kappa shape index (κ1) is 20.4. The fraction of sp³-hybridized carbons (Fsp3) is 0.667. The molecule has 1 aromatic rings. The predicted molar refractivity (Wildman–Crippen MR) is 99.2 cm³/mol. The molecular formula is C21H30O6. The number of fused-ring (bicyclic) bond motifs is 1. The van der Waals surface area contributed by atoms with E-state index < -0.39 is 24.8 Å². The molecule has 0 aromatic heterocycles. The maximum Gasteiger partial charge on any atom is 0.221 e. The number of ketones is 1. The molecule has 0 spiro atoms. The van der Waals surface area contributed by atoms with Gasteiger partial charge in [0.25, 0.3) is 0 Å². The number of Topliss-reactive ketones (excluding diaryl/α,β-unsaturated/α-hetero) is 1. The normalized spacial score (nSPS) is 30.9. The minimum absolute atomic E-state index is 0.197. The number of unbranched alkanes of at least 4 members (excludes halogenated alkanes) is 2. The lowest BCUT2D eigenvalue weighted by Gasteiger charge is -2.44. The maximum absolute atomic E-state index is 12.9. The fourth-order valence-electron chi connectivity index (χ4n) is 3.22. The highest BCUT2D eigenvalue weighted by atomic mass is 16.8. The Morgan fingerprint density at radius 3 is 2.41 bits per heavy atom. The first-order valence-corrected chi connectivity index (χ1v) is 9.99. The number of carbonyl (C=O) groups is 1. The molecule has 2 heterocycles. The zero-order valence-corrected chi connectivity index (χ0v) is 16.2. The van der Waals surface area contributed by atoms with Crippen LogP contribution in [-0.4, -0.2) is 50.2 Å². The van der Waals surface area contributed by atoms with Crippen molar-refractivity contribution in [1.29, 1.82) is 0 Å². The van der Waals surface area contributed by atoms with Crippen molar-refractivity contribution >= 4 is 5.78 Å². The van der Waals surface area contributed by atoms with Crippen LogP contribution < -0.4 is 0 Å². The summed E-state index contributed by atoms with van der Waals surface area (Å²) in [5, 5.41) is 0. The average molecular weight is 378 g/mol. The van der Waals surface area contributed by atoms with Crippen molar-refractivity contribution in [2.75, 3.05) is 19.8 Å². The minimum atomic E-state index is -0.912. The second-order valence-corrected chi connectivity index (χ2v) is 6.95. The van der Waals surface area contributed by atoms with Crippen molar-refractivity contribution in [2.24, 2.45) is 0 Å². The molecule has 0 saturated carbocycles. The lowest BCUT2D eigenvalue weighted by molar-refractivity contribution is -0.323. The van der Waals surface area contributed by atoms with Gasteiger partial charge in [-0.2, -0.15) is 0 Å². The third-order valence-corrected chi connectivity index (χ3v) is 4.80. The van der Waals surface area contributed by atoms with Gasteiger partial charge in [-0.3, -0.25) is 4.79 Å². The van der Waals surface area contributed by atoms with Crippen molar-refractivity contribution in [3.63, 3.8) is 0 Å². The van der Waals surface area contributed by atoms with Crippen LogP contribution in [0.2, 0.25) is 0 Å². The quantitative estimate of drug-likeness (QED) is 0.614. The number of benzene rings is 1. The van der Waals surface area contributed by atoms with Crippen LogP contribution in [0.25, 0.3) is 0 Å². The SMILES string of the molecule is CCCCOC1OC2COC(c3ccccc3)OC2C(OCCCC)C1=O. The molecule has 3 rings (SSSR count). The van der Waals surface area contributed by atoms with Gasteiger partial charge in [-0.1, -0.05) is 57.0 Å². The van der Waals surface area contributed by atoms with Crippen molar-refractivity contribution < 1.29 is 28.5 Å². The Kier molecular flexibility index (Phi) is 7.79. The second kappa shape index (κ2) is 10.3. The third kappa shape index (κ3) is 5.15. The predicted octanol–water partition coefficient (Wildman–Crippen LogP) is 3.40. The zero-order valence-electron chi connectivity index (χ0n) is 16.2. The average Bonchev–Trinajstić information content (AvgIpc) is 2.71. The Labute approximate surface area is 161 Å². The van der Waals surface area contributed by atoms with Crippen LogP contribution in [0.5, 0.6) is 0 Å². The van der Waals surface area contributed by atoms with Gasteiger partial charge in [-0.15, -0.1) is 0 Å². The number of hydrogen-bond acceptors (Lipinski definition) is 6. The lowest BCUT2D eigenvalue weighted by Crippen LogP contribution is -2.61. The molecule has 2 aliphatic heterocycles. The molecule has 2 fully saturated rings. The Morgan fingerprint density at radius 1 is 1.00 bits per heavy atom. The molecule has 5 atom stereocenters. The van der Waals surface area contributed by atoms with E-state index in [-0.39, 0.29) is 11.9 Å². The summed E-state index contributed by atoms with van der Waals surface area (Å²) in [5.41, 5.74) is 0.914. The van der Waals surface area contributed by atoms with Crippen LogP contribution in [0.15, 0.2) is 30.3 Å². The maximum atomic E-state index is 12.9. The van der Waals surface area contributed by atoms with E-state index in [9.17, 15) is 4.79 Å². The number of hydrogen-bond donors (Lipinski definition) is 0. The number of rotatable bonds is 9. The highest BCUT2D eigenvalue weighted by Gasteiger charge is 2.50. The largest absolute Gasteiger partial charge is 0.367 e. The minimum Gasteiger partial charge on any atom is -0.367 e. The molecular weight excluding hydrogens is 348 g/mol. The monoisotopic (exact) mass is 378 g/mol. The molecule has 150 valence electrons. The number of ether oxygens (including phenoxy) is 5. The molecule has 0 aliphatic carbocycles. The van der Waals surface area contributed by atoms with E-state index in [0.717, 1.165) is 31.2 Å². The van der Waals surface area contributed by atoms with Gasteiger partial charge in [0.15, 0.2) is 6.29 Å². The van der Waals surface area contributed by atoms with E-state index in [0.29, 0.717) is 19.8 Å². The van der Waals surface area contributed by atoms with Crippen molar-refractivity contribution in [1.82, 2.24) is 0 Å². The van der Waals surface area contributed by atoms with Crippen molar-refractivity contribution in [3.05, 3.63) is 35.9 Å². The van der Waals surface area contributed by atoms with Crippen LogP contribution >= 0.6 is 0 Å². The summed E-state index contributed by atoms with van der Waals surface area (Å²) in [6.07, 6.45) is 0.738. The van der Waals surface area contributed by atoms with Crippen molar-refractivity contribution in [2.45, 2.75) is 70.4 Å². The van der Waals surface area contributed by atoms with E-state index in [4.69, 9.17) is 23.7 Å². The smallest absolute Gasteiger partial charge is 0.221 e. The Hall–Kier alpha value is -1.31. The second-order valence-electron chi connectivity index (χ2n) is 6.95. The van der Waals surface area contributed by atoms with Gasteiger partial charge in [-0.05, 0) is 12.8 Å². The molecule has 5 unspecified atom stereocenters. The van der Waals surface area contributed by atoms with E-state index in [1.807, 2.05) is 30.3 Å². The summed E-state index contributed by atoms with van der Waals surface area (Å²) in [4.78, 5) is 12.9. The summed E-state index contributed by atoms with van der Waals surface area (Å²) in [7, 11) is 0. The number of carbonyl (C=O) groups excluding carboxylic acids is 1. The third-order valence-electron chi connectivity index (χ3n) is 4.80. The van der Waals surface area contributed by atoms with Crippen LogP contribution in [0, 0.1) is 0 Å². The molecule has 0 radical (unpaired) electrons. The van der Waals surface area contributed by atoms with E-state index >= 15 is 0 Å². The van der Waals surface area contributed by atoms with Gasteiger partial charge in [0.1, 0.15) is 18.3 Å². The molecule has 0 bridgehead atoms. The Morgan fingerprint density at radius 2 is 1.70 bits per heavy atom. The van der Waals surface area contributed by atoms with Gasteiger partial charge >= 0.3 is 0 Å². The molecule has 6 nitrogen and oxygen atoms in total. The van der Waals surface area contributed by atoms with E-state index in [1.54, 1.807) is 0 Å². The standard InChI is InChI=1S/C21H30O6/c1-3-5-12-23-19-17(22)21(24-13-6-4-2)26-16-14-25-20(27-18(16)19)15-10-8-7-9-11-15/h7-11,16,18-21H,3-6,12-14H2,1-2H3. The summed E-state index contributed by atoms with van der Waals surface area (Å²) in [6, 6.07) is 9.70. The highest BCUT2D eigenvalue weighted by Crippen LogP contribution is 2.34. The molecule has 6 heteroatoms. The Bertz CT molecular complexity index is 577. The lowest BCUT2D eigenvalue weighted by atomic mass is 9.98. The van der Waals surface area contributed by atoms with E-state index in [2.05, 4.69) is 13.8 Å². The highest BCUT2D eigenvalue weighted by molar-refractivity contribution is 5.87. The molecule has 1 aromatic carbocycles. The van der Waals surface area contributed by atoms with Crippen LogP contribution in [0.3, 0.4) is 0 Å². The summed E-state index contributed by atoms with van der Waals surface area (Å²) < 4.78 is 29.4. The van der Waals surface area contributed by atoms with Crippen molar-refractivity contribution in [3.8, 4) is 0 Å². The van der Waals surface area contributed by atoms with Gasteiger partial charge in [0, 0.05) is 12.2 Å². The molecule has 2 aliphatic rings.